The van der Waals surface area contributed by atoms with Gasteiger partial charge in [0.15, 0.2) is 5.13 Å². The van der Waals surface area contributed by atoms with Gasteiger partial charge in [0.2, 0.25) is 5.91 Å². The standard InChI is InChI=1S/C15H19N3OS2/c1-4-11-7-5-6-9(2)13(11)18-12(19)8-20-14-10(3)17-15(16)21-14/h5-7H,4,8H2,1-3H3,(H2,16,17)(H,18,19). The number of aryl methyl sites for hydroxylation is 3. The van der Waals surface area contributed by atoms with Crippen LogP contribution in [0.25, 0.3) is 0 Å². The third-order valence-electron chi connectivity index (χ3n) is 3.11. The topological polar surface area (TPSA) is 68.0 Å². The van der Waals surface area contributed by atoms with Gasteiger partial charge < -0.3 is 11.1 Å². The minimum absolute atomic E-state index is 0.00429. The molecular formula is C15H19N3OS2. The van der Waals surface area contributed by atoms with Gasteiger partial charge in [-0.15, -0.1) is 11.8 Å². The summed E-state index contributed by atoms with van der Waals surface area (Å²) in [5.41, 5.74) is 9.73. The molecule has 0 aliphatic heterocycles. The number of carbonyl (C=O) groups is 1. The van der Waals surface area contributed by atoms with Crippen molar-refractivity contribution in [3.63, 3.8) is 0 Å². The molecule has 6 heteroatoms. The lowest BCUT2D eigenvalue weighted by Crippen LogP contribution is -2.16. The molecule has 0 radical (unpaired) electrons. The number of rotatable bonds is 5. The minimum Gasteiger partial charge on any atom is -0.375 e. The lowest BCUT2D eigenvalue weighted by Gasteiger charge is -2.12. The Morgan fingerprint density at radius 3 is 2.81 bits per heavy atom. The first-order valence-corrected chi connectivity index (χ1v) is 8.55. The maximum atomic E-state index is 12.1. The zero-order valence-electron chi connectivity index (χ0n) is 12.4. The number of para-hydroxylation sites is 1. The highest BCUT2D eigenvalue weighted by Gasteiger charge is 2.11. The molecule has 21 heavy (non-hydrogen) atoms. The van der Waals surface area contributed by atoms with Crippen molar-refractivity contribution in [3.05, 3.63) is 35.0 Å². The van der Waals surface area contributed by atoms with Crippen molar-refractivity contribution in [2.45, 2.75) is 31.4 Å². The number of carbonyl (C=O) groups excluding carboxylic acids is 1. The van der Waals surface area contributed by atoms with Crippen LogP contribution in [-0.4, -0.2) is 16.6 Å². The van der Waals surface area contributed by atoms with Crippen molar-refractivity contribution >= 4 is 39.8 Å². The normalized spacial score (nSPS) is 10.6. The van der Waals surface area contributed by atoms with E-state index in [1.807, 2.05) is 32.0 Å². The summed E-state index contributed by atoms with van der Waals surface area (Å²) in [5.74, 6) is 0.357. The first kappa shape index (κ1) is 15.9. The Morgan fingerprint density at radius 1 is 1.43 bits per heavy atom. The van der Waals surface area contributed by atoms with E-state index in [0.717, 1.165) is 33.1 Å². The summed E-state index contributed by atoms with van der Waals surface area (Å²) in [6.45, 7) is 6.00. The number of anilines is 2. The number of thioether (sulfide) groups is 1. The first-order valence-electron chi connectivity index (χ1n) is 6.75. The molecule has 3 N–H and O–H groups in total. The number of nitrogen functional groups attached to an aromatic ring is 1. The molecule has 0 saturated carbocycles. The van der Waals surface area contributed by atoms with E-state index < -0.39 is 0 Å². The number of thiazole rings is 1. The van der Waals surface area contributed by atoms with Crippen LogP contribution in [0.2, 0.25) is 0 Å². The molecule has 0 unspecified atom stereocenters. The van der Waals surface area contributed by atoms with Crippen LogP contribution in [0.15, 0.2) is 22.4 Å². The monoisotopic (exact) mass is 321 g/mol. The van der Waals surface area contributed by atoms with E-state index in [1.54, 1.807) is 0 Å². The number of benzene rings is 1. The van der Waals surface area contributed by atoms with E-state index >= 15 is 0 Å². The summed E-state index contributed by atoms with van der Waals surface area (Å²) in [6, 6.07) is 6.07. The van der Waals surface area contributed by atoms with Gasteiger partial charge in [-0.2, -0.15) is 0 Å². The Bertz CT molecular complexity index is 652. The second-order valence-corrected chi connectivity index (χ2v) is 7.00. The molecule has 4 nitrogen and oxygen atoms in total. The molecule has 1 aromatic heterocycles. The second-order valence-electron chi connectivity index (χ2n) is 4.72. The Kier molecular flexibility index (Phi) is 5.25. The molecule has 0 saturated heterocycles. The van der Waals surface area contributed by atoms with Gasteiger partial charge in [-0.25, -0.2) is 4.98 Å². The second kappa shape index (κ2) is 6.95. The van der Waals surface area contributed by atoms with Gasteiger partial charge in [-0.05, 0) is 31.4 Å². The summed E-state index contributed by atoms with van der Waals surface area (Å²) in [6.07, 6.45) is 0.898. The number of hydrogen-bond donors (Lipinski definition) is 2. The van der Waals surface area contributed by atoms with Crippen LogP contribution in [0, 0.1) is 13.8 Å². The van der Waals surface area contributed by atoms with Gasteiger partial charge in [0.1, 0.15) is 0 Å². The lowest BCUT2D eigenvalue weighted by molar-refractivity contribution is -0.113. The molecule has 2 aromatic rings. The quantitative estimate of drug-likeness (QED) is 0.825. The molecule has 112 valence electrons. The van der Waals surface area contributed by atoms with Crippen LogP contribution in [0.5, 0.6) is 0 Å². The highest BCUT2D eigenvalue weighted by molar-refractivity contribution is 8.01. The van der Waals surface area contributed by atoms with Crippen molar-refractivity contribution < 1.29 is 4.79 Å². The van der Waals surface area contributed by atoms with Gasteiger partial charge >= 0.3 is 0 Å². The number of hydrogen-bond acceptors (Lipinski definition) is 5. The van der Waals surface area contributed by atoms with Crippen LogP contribution >= 0.6 is 23.1 Å². The van der Waals surface area contributed by atoms with Gasteiger partial charge in [0, 0.05) is 5.69 Å². The largest absolute Gasteiger partial charge is 0.375 e. The average Bonchev–Trinajstić information content (AvgIpc) is 2.77. The predicted octanol–water partition coefficient (Wildman–Crippen LogP) is 3.64. The summed E-state index contributed by atoms with van der Waals surface area (Å²) in [5, 5.41) is 3.56. The molecule has 0 aliphatic carbocycles. The highest BCUT2D eigenvalue weighted by Crippen LogP contribution is 2.30. The van der Waals surface area contributed by atoms with Gasteiger partial charge in [0.25, 0.3) is 0 Å². The molecule has 0 bridgehead atoms. The van der Waals surface area contributed by atoms with Crippen LogP contribution in [-0.2, 0) is 11.2 Å². The zero-order valence-corrected chi connectivity index (χ0v) is 14.0. The zero-order chi connectivity index (χ0) is 15.4. The fourth-order valence-electron chi connectivity index (χ4n) is 2.05. The Labute approximate surface area is 133 Å². The Hall–Kier alpha value is -1.53. The third-order valence-corrected chi connectivity index (χ3v) is 5.46. The number of nitrogens with zero attached hydrogens (tertiary/aromatic N) is 1. The lowest BCUT2D eigenvalue weighted by atomic mass is 10.1. The fraction of sp³-hybridized carbons (Fsp3) is 0.333. The number of nitrogens with two attached hydrogens (primary N) is 1. The molecule has 1 heterocycles. The fourth-order valence-corrected chi connectivity index (χ4v) is 3.87. The molecule has 0 aliphatic rings. The van der Waals surface area contributed by atoms with E-state index in [2.05, 4.69) is 17.2 Å². The summed E-state index contributed by atoms with van der Waals surface area (Å²) < 4.78 is 1.00. The SMILES string of the molecule is CCc1cccc(C)c1NC(=O)CSc1sc(N)nc1C. The Balaban J connectivity index is 2.01. The minimum atomic E-state index is -0.00429. The molecule has 0 spiro atoms. The van der Waals surface area contributed by atoms with Crippen LogP contribution in [0.1, 0.15) is 23.7 Å². The smallest absolute Gasteiger partial charge is 0.234 e. The van der Waals surface area contributed by atoms with Crippen LogP contribution in [0.4, 0.5) is 10.8 Å². The van der Waals surface area contributed by atoms with Crippen LogP contribution in [0.3, 0.4) is 0 Å². The number of nitrogens with one attached hydrogen (secondary N) is 1. The van der Waals surface area contributed by atoms with Gasteiger partial charge in [0.05, 0.1) is 15.7 Å². The van der Waals surface area contributed by atoms with Crippen molar-refractivity contribution in [1.29, 1.82) is 0 Å². The third kappa shape index (κ3) is 3.98. The molecule has 2 rings (SSSR count). The van der Waals surface area contributed by atoms with Crippen molar-refractivity contribution in [2.75, 3.05) is 16.8 Å². The van der Waals surface area contributed by atoms with Gasteiger partial charge in [-0.1, -0.05) is 36.5 Å². The molecule has 0 fully saturated rings. The van der Waals surface area contributed by atoms with E-state index in [-0.39, 0.29) is 5.91 Å². The van der Waals surface area contributed by atoms with Crippen molar-refractivity contribution in [1.82, 2.24) is 4.98 Å². The summed E-state index contributed by atoms with van der Waals surface area (Å²) >= 11 is 2.90. The maximum absolute atomic E-state index is 12.1. The van der Waals surface area contributed by atoms with Crippen molar-refractivity contribution in [3.8, 4) is 0 Å². The number of aromatic nitrogens is 1. The van der Waals surface area contributed by atoms with Crippen molar-refractivity contribution in [2.24, 2.45) is 0 Å². The average molecular weight is 321 g/mol. The van der Waals surface area contributed by atoms with Gasteiger partial charge in [-0.3, -0.25) is 4.79 Å². The Morgan fingerprint density at radius 2 is 2.19 bits per heavy atom. The summed E-state index contributed by atoms with van der Waals surface area (Å²) in [7, 11) is 0. The van der Waals surface area contributed by atoms with E-state index in [9.17, 15) is 4.79 Å². The van der Waals surface area contributed by atoms with E-state index in [4.69, 9.17) is 5.73 Å². The number of amides is 1. The molecule has 1 aromatic carbocycles. The first-order chi connectivity index (χ1) is 10.0. The summed E-state index contributed by atoms with van der Waals surface area (Å²) in [4.78, 5) is 16.3. The highest BCUT2D eigenvalue weighted by atomic mass is 32.2. The molecule has 1 amide bonds. The molecule has 0 atom stereocenters. The van der Waals surface area contributed by atoms with E-state index in [0.29, 0.717) is 10.9 Å². The van der Waals surface area contributed by atoms with Crippen LogP contribution < -0.4 is 11.1 Å². The predicted molar refractivity (Wildman–Crippen MR) is 91.2 cm³/mol. The molecular weight excluding hydrogens is 302 g/mol. The maximum Gasteiger partial charge on any atom is 0.234 e. The van der Waals surface area contributed by atoms with E-state index in [1.165, 1.54) is 23.1 Å².